The first-order valence-electron chi connectivity index (χ1n) is 7.79. The summed E-state index contributed by atoms with van der Waals surface area (Å²) in [6.07, 6.45) is 4.63. The van der Waals surface area contributed by atoms with Crippen LogP contribution in [-0.2, 0) is 0 Å². The van der Waals surface area contributed by atoms with Crippen molar-refractivity contribution in [3.8, 4) is 0 Å². The van der Waals surface area contributed by atoms with Crippen molar-refractivity contribution in [1.82, 2.24) is 4.90 Å². The van der Waals surface area contributed by atoms with E-state index in [1.54, 1.807) is 0 Å². The fourth-order valence-electron chi connectivity index (χ4n) is 3.24. The first-order valence-corrected chi connectivity index (χ1v) is 7.79. The molecular formula is C17H27N3O. The monoisotopic (exact) mass is 289 g/mol. The van der Waals surface area contributed by atoms with E-state index in [9.17, 15) is 4.79 Å². The van der Waals surface area contributed by atoms with Crippen LogP contribution in [0.3, 0.4) is 0 Å². The molecule has 1 aliphatic carbocycles. The maximum Gasteiger partial charge on any atom is 0.253 e. The molecule has 1 amide bonds. The van der Waals surface area contributed by atoms with Crippen LogP contribution in [0.2, 0.25) is 0 Å². The number of benzene rings is 1. The van der Waals surface area contributed by atoms with Gasteiger partial charge in [-0.3, -0.25) is 4.79 Å². The van der Waals surface area contributed by atoms with E-state index in [1.165, 1.54) is 12.8 Å². The van der Waals surface area contributed by atoms with Crippen LogP contribution in [0.15, 0.2) is 24.3 Å². The van der Waals surface area contributed by atoms with Crippen molar-refractivity contribution >= 4 is 11.6 Å². The van der Waals surface area contributed by atoms with Crippen molar-refractivity contribution < 1.29 is 4.79 Å². The lowest BCUT2D eigenvalue weighted by molar-refractivity contribution is 0.0620. The molecule has 1 fully saturated rings. The van der Waals surface area contributed by atoms with Gasteiger partial charge in [0.25, 0.3) is 5.91 Å². The Morgan fingerprint density at radius 2 is 1.95 bits per heavy atom. The van der Waals surface area contributed by atoms with Gasteiger partial charge in [0, 0.05) is 38.4 Å². The smallest absolute Gasteiger partial charge is 0.253 e. The number of rotatable bonds is 4. The summed E-state index contributed by atoms with van der Waals surface area (Å²) in [4.78, 5) is 16.7. The second-order valence-electron chi connectivity index (χ2n) is 6.21. The van der Waals surface area contributed by atoms with Gasteiger partial charge in [0.2, 0.25) is 0 Å². The number of nitrogens with two attached hydrogens (primary N) is 1. The molecule has 21 heavy (non-hydrogen) atoms. The van der Waals surface area contributed by atoms with E-state index in [0.29, 0.717) is 12.5 Å². The van der Waals surface area contributed by atoms with Gasteiger partial charge in [-0.1, -0.05) is 18.9 Å². The van der Waals surface area contributed by atoms with E-state index >= 15 is 0 Å². The number of amides is 1. The van der Waals surface area contributed by atoms with Crippen LogP contribution in [0, 0.1) is 5.92 Å². The number of carbonyl (C=O) groups excluding carboxylic acids is 1. The summed E-state index contributed by atoms with van der Waals surface area (Å²) in [5.41, 5.74) is 7.69. The van der Waals surface area contributed by atoms with Crippen molar-refractivity contribution in [2.24, 2.45) is 11.7 Å². The van der Waals surface area contributed by atoms with Crippen LogP contribution in [0.5, 0.6) is 0 Å². The summed E-state index contributed by atoms with van der Waals surface area (Å²) in [7, 11) is 5.89. The van der Waals surface area contributed by atoms with E-state index in [2.05, 4.69) is 0 Å². The number of hydrogen-bond donors (Lipinski definition) is 1. The average Bonchev–Trinajstić information content (AvgIpc) is 2.53. The van der Waals surface area contributed by atoms with Gasteiger partial charge in [0.1, 0.15) is 0 Å². The summed E-state index contributed by atoms with van der Waals surface area (Å²) in [5.74, 6) is 0.536. The normalized spacial score (nSPS) is 21.9. The molecule has 1 saturated carbocycles. The maximum absolute atomic E-state index is 12.7. The molecule has 1 aliphatic rings. The third kappa shape index (κ3) is 3.56. The molecule has 0 saturated heterocycles. The fraction of sp³-hybridized carbons (Fsp3) is 0.588. The van der Waals surface area contributed by atoms with Gasteiger partial charge in [-0.15, -0.1) is 0 Å². The number of nitrogens with zero attached hydrogens (tertiary/aromatic N) is 2. The molecule has 2 N–H and O–H groups in total. The number of carbonyl (C=O) groups is 1. The van der Waals surface area contributed by atoms with E-state index in [-0.39, 0.29) is 11.9 Å². The van der Waals surface area contributed by atoms with Crippen molar-refractivity contribution in [3.05, 3.63) is 29.8 Å². The standard InChI is InChI=1S/C17H27N3O/c1-19(2)15-9-6-8-13(11-15)17(21)20(3)16-10-5-4-7-14(16)12-18/h6,8-9,11,14,16H,4-5,7,10,12,18H2,1-3H3. The lowest BCUT2D eigenvalue weighted by Gasteiger charge is -2.37. The largest absolute Gasteiger partial charge is 0.378 e. The fourth-order valence-corrected chi connectivity index (χ4v) is 3.24. The van der Waals surface area contributed by atoms with Crippen molar-refractivity contribution in [3.63, 3.8) is 0 Å². The molecule has 0 aromatic heterocycles. The molecule has 2 rings (SSSR count). The first kappa shape index (κ1) is 15.8. The molecule has 1 aromatic carbocycles. The number of anilines is 1. The van der Waals surface area contributed by atoms with E-state index in [1.807, 2.05) is 55.2 Å². The van der Waals surface area contributed by atoms with Crippen LogP contribution in [0.4, 0.5) is 5.69 Å². The van der Waals surface area contributed by atoms with Gasteiger partial charge in [-0.25, -0.2) is 0 Å². The summed E-state index contributed by atoms with van der Waals surface area (Å²) in [6, 6.07) is 8.09. The molecule has 0 heterocycles. The molecule has 2 atom stereocenters. The molecule has 0 radical (unpaired) electrons. The average molecular weight is 289 g/mol. The molecule has 116 valence electrons. The lowest BCUT2D eigenvalue weighted by Crippen LogP contribution is -2.45. The molecule has 1 aromatic rings. The van der Waals surface area contributed by atoms with Crippen LogP contribution in [0.1, 0.15) is 36.0 Å². The predicted octanol–water partition coefficient (Wildman–Crippen LogP) is 2.34. The second-order valence-corrected chi connectivity index (χ2v) is 6.21. The highest BCUT2D eigenvalue weighted by Crippen LogP contribution is 2.28. The predicted molar refractivity (Wildman–Crippen MR) is 87.7 cm³/mol. The quantitative estimate of drug-likeness (QED) is 0.925. The van der Waals surface area contributed by atoms with Crippen LogP contribution >= 0.6 is 0 Å². The number of hydrogen-bond acceptors (Lipinski definition) is 3. The zero-order valence-corrected chi connectivity index (χ0v) is 13.4. The Morgan fingerprint density at radius 3 is 2.62 bits per heavy atom. The third-order valence-electron chi connectivity index (χ3n) is 4.60. The Balaban J connectivity index is 2.16. The molecule has 2 unspecified atom stereocenters. The summed E-state index contributed by atoms with van der Waals surface area (Å²) in [5, 5.41) is 0. The highest BCUT2D eigenvalue weighted by molar-refractivity contribution is 5.95. The molecule has 0 bridgehead atoms. The first-order chi connectivity index (χ1) is 10.0. The van der Waals surface area contributed by atoms with Crippen LogP contribution < -0.4 is 10.6 Å². The summed E-state index contributed by atoms with van der Waals surface area (Å²) in [6.45, 7) is 0.667. The van der Waals surface area contributed by atoms with E-state index in [0.717, 1.165) is 24.1 Å². The zero-order valence-electron chi connectivity index (χ0n) is 13.4. The SMILES string of the molecule is CN(C)c1cccc(C(=O)N(C)C2CCCCC2CN)c1. The van der Waals surface area contributed by atoms with Crippen molar-refractivity contribution in [2.75, 3.05) is 32.6 Å². The van der Waals surface area contributed by atoms with E-state index < -0.39 is 0 Å². The Bertz CT molecular complexity index is 487. The summed E-state index contributed by atoms with van der Waals surface area (Å²) >= 11 is 0. The van der Waals surface area contributed by atoms with Gasteiger partial charge in [0.05, 0.1) is 0 Å². The van der Waals surface area contributed by atoms with Crippen molar-refractivity contribution in [2.45, 2.75) is 31.7 Å². The molecular weight excluding hydrogens is 262 g/mol. The van der Waals surface area contributed by atoms with Crippen molar-refractivity contribution in [1.29, 1.82) is 0 Å². The molecule has 4 nitrogen and oxygen atoms in total. The highest BCUT2D eigenvalue weighted by Gasteiger charge is 2.30. The van der Waals surface area contributed by atoms with Gasteiger partial charge >= 0.3 is 0 Å². The topological polar surface area (TPSA) is 49.6 Å². The van der Waals surface area contributed by atoms with Gasteiger partial charge in [-0.05, 0) is 43.5 Å². The minimum absolute atomic E-state index is 0.101. The molecule has 0 aliphatic heterocycles. The van der Waals surface area contributed by atoms with E-state index in [4.69, 9.17) is 5.73 Å². The zero-order chi connectivity index (χ0) is 15.4. The van der Waals surface area contributed by atoms with Crippen LogP contribution in [-0.4, -0.2) is 44.5 Å². The Labute approximate surface area is 127 Å². The van der Waals surface area contributed by atoms with Crippen LogP contribution in [0.25, 0.3) is 0 Å². The minimum atomic E-state index is 0.101. The second kappa shape index (κ2) is 6.94. The highest BCUT2D eigenvalue weighted by atomic mass is 16.2. The third-order valence-corrected chi connectivity index (χ3v) is 4.60. The summed E-state index contributed by atoms with van der Waals surface area (Å²) < 4.78 is 0. The van der Waals surface area contributed by atoms with Gasteiger partial charge in [-0.2, -0.15) is 0 Å². The van der Waals surface area contributed by atoms with Gasteiger partial charge < -0.3 is 15.5 Å². The maximum atomic E-state index is 12.7. The molecule has 4 heteroatoms. The Morgan fingerprint density at radius 1 is 1.24 bits per heavy atom. The Kier molecular flexibility index (Phi) is 5.23. The van der Waals surface area contributed by atoms with Gasteiger partial charge in [0.15, 0.2) is 0 Å². The lowest BCUT2D eigenvalue weighted by atomic mass is 9.83. The molecule has 0 spiro atoms. The Hall–Kier alpha value is -1.55. The minimum Gasteiger partial charge on any atom is -0.378 e.